The summed E-state index contributed by atoms with van der Waals surface area (Å²) in [6, 6.07) is 0. The number of rotatable bonds is 2. The third-order valence-corrected chi connectivity index (χ3v) is 4.00. The van der Waals surface area contributed by atoms with E-state index in [2.05, 4.69) is 0 Å². The van der Waals surface area contributed by atoms with E-state index in [0.717, 1.165) is 13.0 Å². The van der Waals surface area contributed by atoms with Gasteiger partial charge in [-0.25, -0.2) is 0 Å². The first-order valence-corrected chi connectivity index (χ1v) is 6.76. The molecule has 0 radical (unpaired) electrons. The van der Waals surface area contributed by atoms with Crippen LogP contribution in [0.1, 0.15) is 20.3 Å². The van der Waals surface area contributed by atoms with Crippen molar-refractivity contribution in [2.45, 2.75) is 50.0 Å². The Labute approximate surface area is 122 Å². The van der Waals surface area contributed by atoms with Gasteiger partial charge in [0.25, 0.3) is 0 Å². The van der Waals surface area contributed by atoms with Crippen LogP contribution in [0.3, 0.4) is 0 Å². The Kier molecular flexibility index (Phi) is 4.19. The van der Waals surface area contributed by atoms with Gasteiger partial charge in [0.1, 0.15) is 6.10 Å². The Hall–Kier alpha value is -1.31. The molecule has 4 N–H and O–H groups in total. The number of allylic oxidation sites excluding steroid dienone is 3. The fourth-order valence-electron chi connectivity index (χ4n) is 2.62. The van der Waals surface area contributed by atoms with Crippen LogP contribution in [0.15, 0.2) is 36.0 Å². The molecule has 116 valence electrons. The van der Waals surface area contributed by atoms with Crippen LogP contribution in [0, 0.1) is 0 Å². The molecule has 6 heteroatoms. The van der Waals surface area contributed by atoms with E-state index >= 15 is 0 Å². The van der Waals surface area contributed by atoms with Crippen LogP contribution in [0.25, 0.3) is 0 Å². The van der Waals surface area contributed by atoms with Crippen LogP contribution >= 0.6 is 0 Å². The highest BCUT2D eigenvalue weighted by Crippen LogP contribution is 2.42. The van der Waals surface area contributed by atoms with Crippen LogP contribution in [-0.4, -0.2) is 55.9 Å². The van der Waals surface area contributed by atoms with Crippen molar-refractivity contribution >= 4 is 5.78 Å². The summed E-state index contributed by atoms with van der Waals surface area (Å²) in [4.78, 5) is 11.8. The second-order valence-corrected chi connectivity index (χ2v) is 5.55. The van der Waals surface area contributed by atoms with Crippen LogP contribution in [0.4, 0.5) is 0 Å². The van der Waals surface area contributed by atoms with E-state index in [-0.39, 0.29) is 12.0 Å². The Bertz CT molecular complexity index is 518. The molecule has 0 unspecified atom stereocenters. The summed E-state index contributed by atoms with van der Waals surface area (Å²) < 4.78 is 5.27. The summed E-state index contributed by atoms with van der Waals surface area (Å²) in [5.41, 5.74) is -4.21. The molecule has 0 aromatic carbocycles. The van der Waals surface area contributed by atoms with E-state index in [1.165, 1.54) is 0 Å². The first-order chi connectivity index (χ1) is 9.74. The molecule has 1 saturated heterocycles. The lowest BCUT2D eigenvalue weighted by Gasteiger charge is -2.49. The summed E-state index contributed by atoms with van der Waals surface area (Å²) in [5, 5.41) is 40.6. The number of carbonyl (C=O) groups is 1. The highest BCUT2D eigenvalue weighted by Gasteiger charge is 2.61. The van der Waals surface area contributed by atoms with Crippen molar-refractivity contribution in [3.05, 3.63) is 36.0 Å². The standard InChI is InChI=1S/C15H20O6/c1-3-4-5-6-10-7-9-8-11(16)14(2,19)12(17)15(9,20)13(18)21-10/h3-6,8,10,12-13,17-20H,7H2,1-2H3/b4-3-,6-5+/t10-,12-,13+,14-,15-/m1/s1. The maximum Gasteiger partial charge on any atom is 0.191 e. The summed E-state index contributed by atoms with van der Waals surface area (Å²) >= 11 is 0. The Morgan fingerprint density at radius 1 is 1.33 bits per heavy atom. The van der Waals surface area contributed by atoms with Crippen molar-refractivity contribution in [1.82, 2.24) is 0 Å². The number of ketones is 1. The maximum absolute atomic E-state index is 11.8. The molecule has 0 saturated carbocycles. The van der Waals surface area contributed by atoms with Gasteiger partial charge in [-0.15, -0.1) is 0 Å². The lowest BCUT2D eigenvalue weighted by molar-refractivity contribution is -0.279. The summed E-state index contributed by atoms with van der Waals surface area (Å²) in [7, 11) is 0. The summed E-state index contributed by atoms with van der Waals surface area (Å²) in [6.45, 7) is 2.94. The van der Waals surface area contributed by atoms with Crippen molar-refractivity contribution in [1.29, 1.82) is 0 Å². The average molecular weight is 296 g/mol. The van der Waals surface area contributed by atoms with Gasteiger partial charge >= 0.3 is 0 Å². The number of hydrogen-bond donors (Lipinski definition) is 4. The fraction of sp³-hybridized carbons (Fsp3) is 0.533. The number of aliphatic hydroxyl groups is 4. The summed E-state index contributed by atoms with van der Waals surface area (Å²) in [6.07, 6.45) is 4.06. The Morgan fingerprint density at radius 3 is 2.62 bits per heavy atom. The average Bonchev–Trinajstić information content (AvgIpc) is 2.42. The largest absolute Gasteiger partial charge is 0.386 e. The minimum absolute atomic E-state index is 0.139. The normalized spacial score (nSPS) is 44.2. The van der Waals surface area contributed by atoms with Gasteiger partial charge in [-0.05, 0) is 25.5 Å². The molecule has 21 heavy (non-hydrogen) atoms. The van der Waals surface area contributed by atoms with Crippen LogP contribution in [-0.2, 0) is 9.53 Å². The zero-order chi connectivity index (χ0) is 15.8. The predicted octanol–water partition coefficient (Wildman–Crippen LogP) is -0.422. The minimum atomic E-state index is -2.19. The molecule has 1 heterocycles. The second kappa shape index (κ2) is 5.47. The molecular formula is C15H20O6. The van der Waals surface area contributed by atoms with E-state index in [4.69, 9.17) is 4.74 Å². The van der Waals surface area contributed by atoms with Gasteiger partial charge in [0.15, 0.2) is 23.3 Å². The van der Waals surface area contributed by atoms with Gasteiger partial charge in [0, 0.05) is 6.42 Å². The zero-order valence-corrected chi connectivity index (χ0v) is 11.9. The number of fused-ring (bicyclic) bond motifs is 1. The van der Waals surface area contributed by atoms with Gasteiger partial charge in [0.05, 0.1) is 6.10 Å². The highest BCUT2D eigenvalue weighted by atomic mass is 16.6. The molecule has 2 aliphatic rings. The fourth-order valence-corrected chi connectivity index (χ4v) is 2.62. The van der Waals surface area contributed by atoms with Crippen molar-refractivity contribution < 1.29 is 30.0 Å². The molecule has 0 aromatic heterocycles. The molecule has 0 amide bonds. The number of aliphatic hydroxyl groups excluding tert-OH is 2. The zero-order valence-electron chi connectivity index (χ0n) is 11.9. The van der Waals surface area contributed by atoms with Crippen LogP contribution < -0.4 is 0 Å². The molecule has 6 nitrogen and oxygen atoms in total. The van der Waals surface area contributed by atoms with E-state index in [0.29, 0.717) is 0 Å². The van der Waals surface area contributed by atoms with E-state index in [9.17, 15) is 25.2 Å². The van der Waals surface area contributed by atoms with Crippen LogP contribution in [0.2, 0.25) is 0 Å². The first kappa shape index (κ1) is 16.1. The monoisotopic (exact) mass is 296 g/mol. The lowest BCUT2D eigenvalue weighted by Crippen LogP contribution is -2.69. The van der Waals surface area contributed by atoms with Crippen molar-refractivity contribution in [2.24, 2.45) is 0 Å². The lowest BCUT2D eigenvalue weighted by atomic mass is 9.69. The third-order valence-electron chi connectivity index (χ3n) is 4.00. The molecule has 5 atom stereocenters. The first-order valence-electron chi connectivity index (χ1n) is 6.76. The molecule has 1 aliphatic heterocycles. The van der Waals surface area contributed by atoms with Crippen LogP contribution in [0.5, 0.6) is 0 Å². The number of carbonyl (C=O) groups excluding carboxylic acids is 1. The van der Waals surface area contributed by atoms with E-state index < -0.39 is 35.5 Å². The van der Waals surface area contributed by atoms with Gasteiger partial charge in [-0.3, -0.25) is 4.79 Å². The maximum atomic E-state index is 11.8. The van der Waals surface area contributed by atoms with Gasteiger partial charge in [-0.2, -0.15) is 0 Å². The van der Waals surface area contributed by atoms with Gasteiger partial charge in [0.2, 0.25) is 0 Å². The predicted molar refractivity (Wildman–Crippen MR) is 74.1 cm³/mol. The number of hydrogen-bond acceptors (Lipinski definition) is 6. The second-order valence-electron chi connectivity index (χ2n) is 5.55. The highest BCUT2D eigenvalue weighted by molar-refractivity contribution is 5.99. The molecular weight excluding hydrogens is 276 g/mol. The Balaban J connectivity index is 2.35. The Morgan fingerprint density at radius 2 is 2.00 bits per heavy atom. The van der Waals surface area contributed by atoms with Crippen molar-refractivity contribution in [3.63, 3.8) is 0 Å². The molecule has 1 aliphatic carbocycles. The molecule has 0 spiro atoms. The van der Waals surface area contributed by atoms with E-state index in [1.54, 1.807) is 18.2 Å². The van der Waals surface area contributed by atoms with Gasteiger partial charge < -0.3 is 25.2 Å². The molecule has 1 fully saturated rings. The molecule has 2 rings (SSSR count). The topological polar surface area (TPSA) is 107 Å². The SMILES string of the molecule is C/C=C\C=C\[C@@H]1CC2=CC(=O)[C@@](C)(O)[C@@H](O)[C@@]2(O)[C@@H](O)O1. The third kappa shape index (κ3) is 2.49. The smallest absolute Gasteiger partial charge is 0.191 e. The van der Waals surface area contributed by atoms with Crippen molar-refractivity contribution in [2.75, 3.05) is 0 Å². The summed E-state index contributed by atoms with van der Waals surface area (Å²) in [5.74, 6) is -0.708. The molecule has 0 aromatic rings. The molecule has 0 bridgehead atoms. The minimum Gasteiger partial charge on any atom is -0.386 e. The van der Waals surface area contributed by atoms with Crippen molar-refractivity contribution in [3.8, 4) is 0 Å². The number of ether oxygens (including phenoxy) is 1. The van der Waals surface area contributed by atoms with Gasteiger partial charge in [-0.1, -0.05) is 24.3 Å². The van der Waals surface area contributed by atoms with E-state index in [1.807, 2.05) is 13.0 Å². The quantitative estimate of drug-likeness (QED) is 0.516.